The van der Waals surface area contributed by atoms with Gasteiger partial charge in [0.25, 0.3) is 5.91 Å². The standard InChI is InChI=1S/C32H41N5O3/c1-6-8-27(29(39)33-21-38)37-26-12-11-23(24-9-7-10-25(28(24)26)30(37)40)17-22-18-34-36(19-22)32(5)13-15-35(16-14-32)20-31(2,3)4/h7,9-12,18-19,21,27H,6,8,13-17,20H2,1-5H3,(H,33,38,39). The number of imide groups is 1. The van der Waals surface area contributed by atoms with Crippen LogP contribution in [0, 0.1) is 5.41 Å². The third-order valence-corrected chi connectivity index (χ3v) is 8.41. The molecule has 2 aliphatic rings. The Morgan fingerprint density at radius 2 is 1.93 bits per heavy atom. The summed E-state index contributed by atoms with van der Waals surface area (Å²) >= 11 is 0. The number of piperidine rings is 1. The molecular formula is C32H41N5O3. The third-order valence-electron chi connectivity index (χ3n) is 8.41. The average molecular weight is 544 g/mol. The maximum absolute atomic E-state index is 13.5. The van der Waals surface area contributed by atoms with Crippen molar-refractivity contribution >= 4 is 34.7 Å². The van der Waals surface area contributed by atoms with Gasteiger partial charge in [-0.05, 0) is 60.2 Å². The van der Waals surface area contributed by atoms with Gasteiger partial charge in [0, 0.05) is 43.2 Å². The fourth-order valence-corrected chi connectivity index (χ4v) is 6.39. The van der Waals surface area contributed by atoms with E-state index in [4.69, 9.17) is 5.10 Å². The monoisotopic (exact) mass is 543 g/mol. The van der Waals surface area contributed by atoms with Crippen LogP contribution in [0.15, 0.2) is 42.7 Å². The van der Waals surface area contributed by atoms with Crippen molar-refractivity contribution in [3.05, 3.63) is 59.4 Å². The van der Waals surface area contributed by atoms with E-state index >= 15 is 0 Å². The predicted molar refractivity (Wildman–Crippen MR) is 157 cm³/mol. The molecule has 3 amide bonds. The fourth-order valence-electron chi connectivity index (χ4n) is 6.39. The van der Waals surface area contributed by atoms with Crippen molar-refractivity contribution in [2.45, 2.75) is 78.3 Å². The minimum absolute atomic E-state index is 0.00204. The van der Waals surface area contributed by atoms with Gasteiger partial charge in [0.2, 0.25) is 12.3 Å². The molecule has 5 rings (SSSR count). The van der Waals surface area contributed by atoms with E-state index in [1.54, 1.807) is 4.90 Å². The summed E-state index contributed by atoms with van der Waals surface area (Å²) in [7, 11) is 0. The van der Waals surface area contributed by atoms with E-state index in [0.717, 1.165) is 60.1 Å². The van der Waals surface area contributed by atoms with Crippen molar-refractivity contribution in [1.82, 2.24) is 20.0 Å². The summed E-state index contributed by atoms with van der Waals surface area (Å²) in [5.41, 5.74) is 3.87. The van der Waals surface area contributed by atoms with Crippen LogP contribution in [0.4, 0.5) is 5.69 Å². The number of carbonyl (C=O) groups excluding carboxylic acids is 3. The molecule has 3 aromatic rings. The van der Waals surface area contributed by atoms with Crippen LogP contribution in [-0.4, -0.2) is 58.6 Å². The molecule has 1 saturated heterocycles. The van der Waals surface area contributed by atoms with Crippen molar-refractivity contribution < 1.29 is 14.4 Å². The van der Waals surface area contributed by atoms with Gasteiger partial charge in [-0.15, -0.1) is 0 Å². The van der Waals surface area contributed by atoms with Gasteiger partial charge in [-0.2, -0.15) is 5.10 Å². The molecule has 0 bridgehead atoms. The zero-order valence-electron chi connectivity index (χ0n) is 24.4. The van der Waals surface area contributed by atoms with Crippen LogP contribution < -0.4 is 10.2 Å². The molecule has 2 aromatic carbocycles. The Morgan fingerprint density at radius 1 is 1.18 bits per heavy atom. The Kier molecular flexibility index (Phi) is 7.57. The van der Waals surface area contributed by atoms with Gasteiger partial charge >= 0.3 is 0 Å². The second kappa shape index (κ2) is 10.8. The molecular weight excluding hydrogens is 502 g/mol. The molecule has 40 heavy (non-hydrogen) atoms. The van der Waals surface area contributed by atoms with E-state index in [9.17, 15) is 14.4 Å². The molecule has 0 aliphatic carbocycles. The van der Waals surface area contributed by atoms with E-state index in [0.29, 0.717) is 36.7 Å². The number of nitrogens with one attached hydrogen (secondary N) is 1. The van der Waals surface area contributed by atoms with Gasteiger partial charge in [-0.1, -0.05) is 52.3 Å². The Bertz CT molecular complexity index is 1430. The Balaban J connectivity index is 1.39. The highest BCUT2D eigenvalue weighted by Crippen LogP contribution is 2.41. The lowest BCUT2D eigenvalue weighted by atomic mass is 9.87. The number of hydrogen-bond acceptors (Lipinski definition) is 5. The predicted octanol–water partition coefficient (Wildman–Crippen LogP) is 4.89. The van der Waals surface area contributed by atoms with Crippen LogP contribution >= 0.6 is 0 Å². The number of anilines is 1. The highest BCUT2D eigenvalue weighted by atomic mass is 16.2. The van der Waals surface area contributed by atoms with Gasteiger partial charge in [-0.3, -0.25) is 29.3 Å². The number of amides is 3. The minimum Gasteiger partial charge on any atom is -0.303 e. The van der Waals surface area contributed by atoms with Crippen molar-refractivity contribution in [3.8, 4) is 0 Å². The summed E-state index contributed by atoms with van der Waals surface area (Å²) in [4.78, 5) is 41.4. The van der Waals surface area contributed by atoms with Crippen LogP contribution in [0.3, 0.4) is 0 Å². The van der Waals surface area contributed by atoms with Crippen molar-refractivity contribution in [2.75, 3.05) is 24.5 Å². The van der Waals surface area contributed by atoms with Gasteiger partial charge in [0.1, 0.15) is 6.04 Å². The Morgan fingerprint density at radius 3 is 2.60 bits per heavy atom. The topological polar surface area (TPSA) is 87.5 Å². The molecule has 0 saturated carbocycles. The Hall–Kier alpha value is -3.52. The molecule has 3 heterocycles. The van der Waals surface area contributed by atoms with E-state index in [1.807, 2.05) is 37.4 Å². The number of carbonyl (C=O) groups is 3. The Labute approximate surface area is 236 Å². The second-order valence-electron chi connectivity index (χ2n) is 12.9. The molecule has 8 nitrogen and oxygen atoms in total. The highest BCUT2D eigenvalue weighted by molar-refractivity contribution is 6.27. The molecule has 1 N–H and O–H groups in total. The lowest BCUT2D eigenvalue weighted by Crippen LogP contribution is -2.48. The number of likely N-dealkylation sites (tertiary alicyclic amines) is 1. The molecule has 1 atom stereocenters. The maximum Gasteiger partial charge on any atom is 0.259 e. The van der Waals surface area contributed by atoms with Crippen LogP contribution in [0.5, 0.6) is 0 Å². The maximum atomic E-state index is 13.5. The van der Waals surface area contributed by atoms with Gasteiger partial charge < -0.3 is 4.90 Å². The number of rotatable bonds is 9. The quantitative estimate of drug-likeness (QED) is 0.389. The third kappa shape index (κ3) is 5.29. The van der Waals surface area contributed by atoms with Gasteiger partial charge in [0.15, 0.2) is 0 Å². The number of nitrogens with zero attached hydrogens (tertiary/aromatic N) is 4. The minimum atomic E-state index is -0.738. The van der Waals surface area contributed by atoms with E-state index in [1.165, 1.54) is 0 Å². The SMILES string of the molecule is CCCC(C(=O)NC=O)N1C(=O)c2cccc3c(Cc4cnn(C5(C)CCN(CC(C)(C)C)CC5)c4)ccc1c23. The average Bonchev–Trinajstić information content (AvgIpc) is 3.49. The first-order valence-electron chi connectivity index (χ1n) is 14.4. The number of hydrogen-bond donors (Lipinski definition) is 1. The normalized spacial score (nSPS) is 17.8. The van der Waals surface area contributed by atoms with Crippen LogP contribution in [0.2, 0.25) is 0 Å². The molecule has 0 spiro atoms. The molecule has 2 aliphatic heterocycles. The zero-order chi connectivity index (χ0) is 28.7. The van der Waals surface area contributed by atoms with Crippen LogP contribution in [0.1, 0.15) is 81.8 Å². The second-order valence-corrected chi connectivity index (χ2v) is 12.9. The first kappa shape index (κ1) is 28.0. The summed E-state index contributed by atoms with van der Waals surface area (Å²) in [5, 5.41) is 8.93. The van der Waals surface area contributed by atoms with E-state index < -0.39 is 11.9 Å². The van der Waals surface area contributed by atoms with Gasteiger partial charge in [-0.25, -0.2) is 0 Å². The van der Waals surface area contributed by atoms with E-state index in [-0.39, 0.29) is 11.4 Å². The first-order valence-corrected chi connectivity index (χ1v) is 14.4. The lowest BCUT2D eigenvalue weighted by Gasteiger charge is -2.41. The first-order chi connectivity index (χ1) is 19.0. The molecule has 1 fully saturated rings. The lowest BCUT2D eigenvalue weighted by molar-refractivity contribution is -0.126. The summed E-state index contributed by atoms with van der Waals surface area (Å²) in [6, 6.07) is 9.03. The highest BCUT2D eigenvalue weighted by Gasteiger charge is 2.38. The van der Waals surface area contributed by atoms with Crippen LogP contribution in [0.25, 0.3) is 10.8 Å². The largest absolute Gasteiger partial charge is 0.303 e. The summed E-state index contributed by atoms with van der Waals surface area (Å²) in [5.74, 6) is -0.656. The van der Waals surface area contributed by atoms with Gasteiger partial charge in [0.05, 0.1) is 17.4 Å². The molecule has 1 unspecified atom stereocenters. The van der Waals surface area contributed by atoms with Crippen LogP contribution in [-0.2, 0) is 21.5 Å². The smallest absolute Gasteiger partial charge is 0.259 e. The zero-order valence-corrected chi connectivity index (χ0v) is 24.4. The number of aromatic nitrogens is 2. The summed E-state index contributed by atoms with van der Waals surface area (Å²) in [6.07, 6.45) is 8.54. The van der Waals surface area contributed by atoms with Crippen molar-refractivity contribution in [1.29, 1.82) is 0 Å². The van der Waals surface area contributed by atoms with Crippen molar-refractivity contribution in [3.63, 3.8) is 0 Å². The summed E-state index contributed by atoms with van der Waals surface area (Å²) in [6.45, 7) is 14.4. The molecule has 0 radical (unpaired) electrons. The molecule has 1 aromatic heterocycles. The van der Waals surface area contributed by atoms with Crippen molar-refractivity contribution in [2.24, 2.45) is 5.41 Å². The van der Waals surface area contributed by atoms with E-state index in [2.05, 4.69) is 54.9 Å². The molecule has 212 valence electrons. The summed E-state index contributed by atoms with van der Waals surface area (Å²) < 4.78 is 2.16. The molecule has 8 heteroatoms. The fraction of sp³-hybridized carbons (Fsp3) is 0.500. The number of benzene rings is 2.